The number of halogens is 1. The molecule has 110 valence electrons. The Hall–Kier alpha value is -2.44. The predicted molar refractivity (Wildman–Crippen MR) is 87.8 cm³/mol. The van der Waals surface area contributed by atoms with Crippen LogP contribution in [0.2, 0.25) is 5.28 Å². The number of hydrogen-bond donors (Lipinski definition) is 1. The predicted octanol–water partition coefficient (Wildman–Crippen LogP) is 4.26. The zero-order chi connectivity index (χ0) is 15.5. The van der Waals surface area contributed by atoms with Crippen molar-refractivity contribution in [2.75, 3.05) is 5.32 Å². The monoisotopic (exact) mass is 331 g/mol. The van der Waals surface area contributed by atoms with Crippen molar-refractivity contribution in [1.82, 2.24) is 9.97 Å². The fraction of sp³-hybridized carbons (Fsp3) is 0. The van der Waals surface area contributed by atoms with Gasteiger partial charge in [-0.25, -0.2) is 4.98 Å². The zero-order valence-electron chi connectivity index (χ0n) is 11.2. The van der Waals surface area contributed by atoms with Crippen molar-refractivity contribution in [1.29, 1.82) is 0 Å². The van der Waals surface area contributed by atoms with Gasteiger partial charge in [0.25, 0.3) is 0 Å². The molecule has 2 heterocycles. The average molecular weight is 332 g/mol. The molecule has 3 aromatic rings. The number of nitrogens with one attached hydrogen (secondary N) is 1. The second-order valence-corrected chi connectivity index (χ2v) is 5.51. The SMILES string of the molecule is C=CC(=O)Nc1cccc(Oc2nc(Cl)nc3ccsc23)c1. The van der Waals surface area contributed by atoms with Crippen LogP contribution in [0.3, 0.4) is 0 Å². The van der Waals surface area contributed by atoms with E-state index in [0.29, 0.717) is 17.3 Å². The second-order valence-electron chi connectivity index (χ2n) is 4.26. The van der Waals surface area contributed by atoms with Crippen molar-refractivity contribution >= 4 is 44.7 Å². The van der Waals surface area contributed by atoms with Crippen LogP contribution in [0.4, 0.5) is 5.69 Å². The molecule has 3 rings (SSSR count). The lowest BCUT2D eigenvalue weighted by Crippen LogP contribution is -2.07. The van der Waals surface area contributed by atoms with Crippen LogP contribution in [-0.2, 0) is 4.79 Å². The Balaban J connectivity index is 1.91. The van der Waals surface area contributed by atoms with Gasteiger partial charge in [-0.3, -0.25) is 4.79 Å². The number of hydrogen-bond acceptors (Lipinski definition) is 5. The fourth-order valence-electron chi connectivity index (χ4n) is 1.82. The summed E-state index contributed by atoms with van der Waals surface area (Å²) in [4.78, 5) is 19.6. The third-order valence-electron chi connectivity index (χ3n) is 2.75. The van der Waals surface area contributed by atoms with Gasteiger partial charge in [-0.1, -0.05) is 12.6 Å². The summed E-state index contributed by atoms with van der Waals surface area (Å²) >= 11 is 7.37. The highest BCUT2D eigenvalue weighted by molar-refractivity contribution is 7.17. The number of thiophene rings is 1. The summed E-state index contributed by atoms with van der Waals surface area (Å²) < 4.78 is 6.59. The van der Waals surface area contributed by atoms with Gasteiger partial charge in [-0.05, 0) is 41.3 Å². The Kier molecular flexibility index (Phi) is 4.04. The molecule has 0 atom stereocenters. The molecule has 0 unspecified atom stereocenters. The van der Waals surface area contributed by atoms with E-state index in [9.17, 15) is 4.79 Å². The first-order valence-electron chi connectivity index (χ1n) is 6.28. The van der Waals surface area contributed by atoms with Gasteiger partial charge < -0.3 is 10.1 Å². The molecule has 0 spiro atoms. The average Bonchev–Trinajstić information content (AvgIpc) is 2.95. The lowest BCUT2D eigenvalue weighted by Gasteiger charge is -2.08. The molecule has 0 aliphatic carbocycles. The van der Waals surface area contributed by atoms with Crippen molar-refractivity contribution in [3.63, 3.8) is 0 Å². The normalized spacial score (nSPS) is 10.4. The molecule has 0 radical (unpaired) electrons. The topological polar surface area (TPSA) is 64.1 Å². The van der Waals surface area contributed by atoms with Gasteiger partial charge in [0.1, 0.15) is 10.4 Å². The van der Waals surface area contributed by atoms with E-state index in [1.165, 1.54) is 17.4 Å². The van der Waals surface area contributed by atoms with Crippen molar-refractivity contribution in [3.8, 4) is 11.6 Å². The number of ether oxygens (including phenoxy) is 1. The molecule has 1 N–H and O–H groups in total. The molecule has 0 saturated heterocycles. The highest BCUT2D eigenvalue weighted by Gasteiger charge is 2.10. The molecule has 0 fully saturated rings. The molecule has 7 heteroatoms. The summed E-state index contributed by atoms with van der Waals surface area (Å²) in [6.07, 6.45) is 1.20. The van der Waals surface area contributed by atoms with E-state index in [0.717, 1.165) is 10.2 Å². The van der Waals surface area contributed by atoms with Gasteiger partial charge in [-0.2, -0.15) is 4.98 Å². The minimum Gasteiger partial charge on any atom is -0.437 e. The number of rotatable bonds is 4. The van der Waals surface area contributed by atoms with E-state index in [1.54, 1.807) is 24.3 Å². The molecule has 0 bridgehead atoms. The highest BCUT2D eigenvalue weighted by atomic mass is 35.5. The van der Waals surface area contributed by atoms with Crippen molar-refractivity contribution in [3.05, 3.63) is 53.7 Å². The molecular weight excluding hydrogens is 322 g/mol. The van der Waals surface area contributed by atoms with Crippen molar-refractivity contribution in [2.24, 2.45) is 0 Å². The van der Waals surface area contributed by atoms with Crippen LogP contribution in [0.5, 0.6) is 11.6 Å². The molecule has 0 aliphatic heterocycles. The highest BCUT2D eigenvalue weighted by Crippen LogP contribution is 2.32. The first-order chi connectivity index (χ1) is 10.7. The third kappa shape index (κ3) is 3.08. The Morgan fingerprint density at radius 3 is 3.05 bits per heavy atom. The lowest BCUT2D eigenvalue weighted by atomic mass is 10.3. The number of carbonyl (C=O) groups excluding carboxylic acids is 1. The number of anilines is 1. The van der Waals surface area contributed by atoms with Gasteiger partial charge in [-0.15, -0.1) is 11.3 Å². The standard InChI is InChI=1S/C15H10ClN3O2S/c1-2-12(20)17-9-4-3-5-10(8-9)21-14-13-11(6-7-22-13)18-15(16)19-14/h2-8H,1H2,(H,17,20). The van der Waals surface area contributed by atoms with Crippen LogP contribution in [0.25, 0.3) is 10.2 Å². The van der Waals surface area contributed by atoms with Gasteiger partial charge >= 0.3 is 0 Å². The van der Waals surface area contributed by atoms with Crippen LogP contribution in [-0.4, -0.2) is 15.9 Å². The number of aromatic nitrogens is 2. The Labute approximate surface area is 135 Å². The Morgan fingerprint density at radius 1 is 1.36 bits per heavy atom. The zero-order valence-corrected chi connectivity index (χ0v) is 12.8. The lowest BCUT2D eigenvalue weighted by molar-refractivity contribution is -0.111. The molecule has 5 nitrogen and oxygen atoms in total. The summed E-state index contributed by atoms with van der Waals surface area (Å²) in [7, 11) is 0. The Morgan fingerprint density at radius 2 is 2.23 bits per heavy atom. The maximum Gasteiger partial charge on any atom is 0.247 e. The molecule has 22 heavy (non-hydrogen) atoms. The first kappa shape index (κ1) is 14.5. The smallest absolute Gasteiger partial charge is 0.247 e. The van der Waals surface area contributed by atoms with E-state index in [2.05, 4.69) is 21.9 Å². The first-order valence-corrected chi connectivity index (χ1v) is 7.53. The molecule has 2 aromatic heterocycles. The quantitative estimate of drug-likeness (QED) is 0.573. The van der Waals surface area contributed by atoms with Crippen LogP contribution in [0.15, 0.2) is 48.4 Å². The van der Waals surface area contributed by atoms with Crippen LogP contribution in [0.1, 0.15) is 0 Å². The molecule has 1 amide bonds. The summed E-state index contributed by atoms with van der Waals surface area (Å²) in [5.41, 5.74) is 1.33. The molecule has 0 saturated carbocycles. The second kappa shape index (κ2) is 6.13. The fourth-order valence-corrected chi connectivity index (χ4v) is 2.74. The number of fused-ring (bicyclic) bond motifs is 1. The van der Waals surface area contributed by atoms with Crippen LogP contribution >= 0.6 is 22.9 Å². The van der Waals surface area contributed by atoms with Crippen molar-refractivity contribution in [2.45, 2.75) is 0 Å². The minimum atomic E-state index is -0.289. The number of amides is 1. The molecule has 1 aromatic carbocycles. The summed E-state index contributed by atoms with van der Waals surface area (Å²) in [6.45, 7) is 3.41. The van der Waals surface area contributed by atoms with E-state index < -0.39 is 0 Å². The van der Waals surface area contributed by atoms with E-state index in [4.69, 9.17) is 16.3 Å². The maximum absolute atomic E-state index is 11.3. The van der Waals surface area contributed by atoms with Gasteiger partial charge in [0.2, 0.25) is 17.1 Å². The maximum atomic E-state index is 11.3. The molecular formula is C15H10ClN3O2S. The van der Waals surface area contributed by atoms with E-state index in [1.807, 2.05) is 11.4 Å². The van der Waals surface area contributed by atoms with Gasteiger partial charge in [0.15, 0.2) is 0 Å². The summed E-state index contributed by atoms with van der Waals surface area (Å²) in [5.74, 6) is 0.631. The van der Waals surface area contributed by atoms with Gasteiger partial charge in [0, 0.05) is 11.8 Å². The van der Waals surface area contributed by atoms with Crippen LogP contribution < -0.4 is 10.1 Å². The van der Waals surface area contributed by atoms with Crippen molar-refractivity contribution < 1.29 is 9.53 Å². The minimum absolute atomic E-state index is 0.122. The number of nitrogens with zero attached hydrogens (tertiary/aromatic N) is 2. The Bertz CT molecular complexity index is 863. The largest absolute Gasteiger partial charge is 0.437 e. The van der Waals surface area contributed by atoms with E-state index >= 15 is 0 Å². The van der Waals surface area contributed by atoms with Crippen LogP contribution in [0, 0.1) is 0 Å². The van der Waals surface area contributed by atoms with Gasteiger partial charge in [0.05, 0.1) is 5.52 Å². The van der Waals surface area contributed by atoms with E-state index in [-0.39, 0.29) is 11.2 Å². The molecule has 0 aliphatic rings. The number of benzene rings is 1. The summed E-state index contributed by atoms with van der Waals surface area (Å²) in [6, 6.07) is 8.82. The number of carbonyl (C=O) groups is 1. The summed E-state index contributed by atoms with van der Waals surface area (Å²) in [5, 5.41) is 4.68. The third-order valence-corrected chi connectivity index (χ3v) is 3.81.